The summed E-state index contributed by atoms with van der Waals surface area (Å²) in [5, 5.41) is 3.36. The van der Waals surface area contributed by atoms with Gasteiger partial charge in [-0.15, -0.1) is 0 Å². The van der Waals surface area contributed by atoms with Crippen molar-refractivity contribution in [2.45, 2.75) is 18.7 Å². The SMILES string of the molecule is [N-]=[N+]=NC[C@@H]1CN(c2ccc(N3CCC(=O)C(F)C3)c(F)c2)C(=O)O1. The number of benzene rings is 1. The minimum atomic E-state index is -1.62. The molecule has 2 atom stereocenters. The van der Waals surface area contributed by atoms with Gasteiger partial charge in [-0.1, -0.05) is 5.11 Å². The third kappa shape index (κ3) is 3.48. The number of carbonyl (C=O) groups excluding carboxylic acids is 2. The molecule has 2 aliphatic heterocycles. The van der Waals surface area contributed by atoms with E-state index in [1.54, 1.807) is 0 Å². The van der Waals surface area contributed by atoms with Gasteiger partial charge < -0.3 is 9.64 Å². The second-order valence-electron chi connectivity index (χ2n) is 5.80. The number of halogens is 2. The molecule has 2 heterocycles. The monoisotopic (exact) mass is 351 g/mol. The second-order valence-corrected chi connectivity index (χ2v) is 5.80. The Labute approximate surface area is 141 Å². The predicted octanol–water partition coefficient (Wildman–Crippen LogP) is 2.58. The van der Waals surface area contributed by atoms with Crippen molar-refractivity contribution in [2.24, 2.45) is 5.11 Å². The summed E-state index contributed by atoms with van der Waals surface area (Å²) in [6.07, 6.45) is -2.84. The number of hydrogen-bond donors (Lipinski definition) is 0. The fourth-order valence-corrected chi connectivity index (χ4v) is 2.88. The van der Waals surface area contributed by atoms with Crippen LogP contribution >= 0.6 is 0 Å². The molecule has 25 heavy (non-hydrogen) atoms. The van der Waals surface area contributed by atoms with Crippen molar-refractivity contribution in [1.82, 2.24) is 0 Å². The number of ether oxygens (including phenoxy) is 1. The minimum Gasteiger partial charge on any atom is -0.444 e. The van der Waals surface area contributed by atoms with Crippen LogP contribution in [0.3, 0.4) is 0 Å². The zero-order valence-electron chi connectivity index (χ0n) is 13.1. The van der Waals surface area contributed by atoms with E-state index < -0.39 is 30.0 Å². The molecule has 10 heteroatoms. The van der Waals surface area contributed by atoms with Gasteiger partial charge in [-0.3, -0.25) is 9.69 Å². The van der Waals surface area contributed by atoms with E-state index in [1.807, 2.05) is 0 Å². The number of piperidine rings is 1. The van der Waals surface area contributed by atoms with Crippen LogP contribution in [0, 0.1) is 5.82 Å². The lowest BCUT2D eigenvalue weighted by Gasteiger charge is -2.30. The van der Waals surface area contributed by atoms with E-state index in [0.717, 1.165) is 6.07 Å². The van der Waals surface area contributed by atoms with Gasteiger partial charge in [-0.25, -0.2) is 13.6 Å². The summed E-state index contributed by atoms with van der Waals surface area (Å²) in [6, 6.07) is 4.14. The summed E-state index contributed by atoms with van der Waals surface area (Å²) in [4.78, 5) is 28.4. The summed E-state index contributed by atoms with van der Waals surface area (Å²) >= 11 is 0. The van der Waals surface area contributed by atoms with Crippen LogP contribution in [0.4, 0.5) is 25.0 Å². The highest BCUT2D eigenvalue weighted by Gasteiger charge is 2.33. The Kier molecular flexibility index (Phi) is 4.71. The number of rotatable bonds is 4. The van der Waals surface area contributed by atoms with Crippen molar-refractivity contribution in [3.8, 4) is 0 Å². The topological polar surface area (TPSA) is 98.6 Å². The first-order valence-electron chi connectivity index (χ1n) is 7.70. The van der Waals surface area contributed by atoms with E-state index in [9.17, 15) is 18.4 Å². The molecule has 2 saturated heterocycles. The highest BCUT2D eigenvalue weighted by Crippen LogP contribution is 2.29. The van der Waals surface area contributed by atoms with Crippen LogP contribution in [-0.4, -0.2) is 50.3 Å². The average Bonchev–Trinajstić information content (AvgIpc) is 2.96. The zero-order chi connectivity index (χ0) is 18.0. The van der Waals surface area contributed by atoms with Crippen LogP contribution in [0.15, 0.2) is 23.3 Å². The van der Waals surface area contributed by atoms with Gasteiger partial charge in [0.25, 0.3) is 0 Å². The zero-order valence-corrected chi connectivity index (χ0v) is 13.1. The van der Waals surface area contributed by atoms with Crippen LogP contribution in [-0.2, 0) is 9.53 Å². The van der Waals surface area contributed by atoms with Gasteiger partial charge in [-0.05, 0) is 23.7 Å². The van der Waals surface area contributed by atoms with E-state index in [4.69, 9.17) is 10.3 Å². The Hall–Kier alpha value is -2.87. The lowest BCUT2D eigenvalue weighted by Crippen LogP contribution is -2.42. The molecule has 1 aromatic rings. The molecule has 1 aromatic carbocycles. The molecule has 132 valence electrons. The maximum Gasteiger partial charge on any atom is 0.414 e. The van der Waals surface area contributed by atoms with Gasteiger partial charge in [0.15, 0.2) is 12.0 Å². The van der Waals surface area contributed by atoms with Crippen LogP contribution in [0.2, 0.25) is 0 Å². The molecule has 0 saturated carbocycles. The summed E-state index contributed by atoms with van der Waals surface area (Å²) in [7, 11) is 0. The average molecular weight is 351 g/mol. The van der Waals surface area contributed by atoms with Crippen molar-refractivity contribution >= 4 is 23.3 Å². The predicted molar refractivity (Wildman–Crippen MR) is 84.8 cm³/mol. The van der Waals surface area contributed by atoms with Crippen LogP contribution < -0.4 is 9.80 Å². The number of ketones is 1. The molecule has 1 unspecified atom stereocenters. The number of nitrogens with zero attached hydrogens (tertiary/aromatic N) is 5. The number of carbonyl (C=O) groups is 2. The van der Waals surface area contributed by atoms with Gasteiger partial charge in [0.05, 0.1) is 31.0 Å². The molecule has 0 bridgehead atoms. The summed E-state index contributed by atoms with van der Waals surface area (Å²) in [6.45, 7) is 0.199. The molecule has 0 spiro atoms. The Morgan fingerprint density at radius 1 is 1.36 bits per heavy atom. The van der Waals surface area contributed by atoms with Gasteiger partial charge in [-0.2, -0.15) is 0 Å². The first-order valence-corrected chi connectivity index (χ1v) is 7.70. The molecule has 8 nitrogen and oxygen atoms in total. The van der Waals surface area contributed by atoms with Gasteiger partial charge >= 0.3 is 6.09 Å². The largest absolute Gasteiger partial charge is 0.444 e. The van der Waals surface area contributed by atoms with Crippen molar-refractivity contribution in [1.29, 1.82) is 0 Å². The quantitative estimate of drug-likeness (QED) is 0.473. The van der Waals surface area contributed by atoms with Gasteiger partial charge in [0.2, 0.25) is 0 Å². The molecule has 0 N–H and O–H groups in total. The maximum absolute atomic E-state index is 14.4. The molecule has 0 radical (unpaired) electrons. The van der Waals surface area contributed by atoms with Crippen molar-refractivity contribution in [3.63, 3.8) is 0 Å². The number of alkyl halides is 1. The normalized spacial score (nSPS) is 23.4. The molecular weight excluding hydrogens is 336 g/mol. The van der Waals surface area contributed by atoms with Gasteiger partial charge in [0, 0.05) is 17.9 Å². The molecule has 1 amide bonds. The molecule has 3 rings (SSSR count). The molecule has 2 fully saturated rings. The standard InChI is InChI=1S/C15H15F2N5O3/c16-11-5-9(22-7-10(6-19-20-18)25-15(22)24)1-2-13(11)21-4-3-14(23)12(17)8-21/h1-2,5,10,12H,3-4,6-8H2/t10-,12?/m1/s1. The number of anilines is 2. The highest BCUT2D eigenvalue weighted by atomic mass is 19.1. The summed E-state index contributed by atoms with van der Waals surface area (Å²) in [5.41, 5.74) is 8.77. The second kappa shape index (κ2) is 6.94. The minimum absolute atomic E-state index is 0.000992. The van der Waals surface area contributed by atoms with Crippen molar-refractivity contribution in [2.75, 3.05) is 36.0 Å². The molecule has 0 aliphatic carbocycles. The third-order valence-electron chi connectivity index (χ3n) is 4.16. The molecule has 2 aliphatic rings. The number of azide groups is 1. The Bertz CT molecular complexity index is 753. The lowest BCUT2D eigenvalue weighted by molar-refractivity contribution is -0.124. The smallest absolute Gasteiger partial charge is 0.414 e. The number of cyclic esters (lactones) is 1. The van der Waals surface area contributed by atoms with Crippen LogP contribution in [0.1, 0.15) is 6.42 Å². The van der Waals surface area contributed by atoms with E-state index in [-0.39, 0.29) is 38.3 Å². The van der Waals surface area contributed by atoms with Crippen molar-refractivity contribution < 1.29 is 23.1 Å². The van der Waals surface area contributed by atoms with Crippen LogP contribution in [0.5, 0.6) is 0 Å². The lowest BCUT2D eigenvalue weighted by atomic mass is 10.1. The third-order valence-corrected chi connectivity index (χ3v) is 4.16. The number of hydrogen-bond acceptors (Lipinski definition) is 5. The first kappa shape index (κ1) is 17.0. The number of amides is 1. The van der Waals surface area contributed by atoms with E-state index in [1.165, 1.54) is 21.9 Å². The Morgan fingerprint density at radius 2 is 2.16 bits per heavy atom. The van der Waals surface area contributed by atoms with E-state index in [2.05, 4.69) is 10.0 Å². The maximum atomic E-state index is 14.4. The Balaban J connectivity index is 1.75. The summed E-state index contributed by atoms with van der Waals surface area (Å²) in [5.74, 6) is -1.09. The molecular formula is C15H15F2N5O3. The van der Waals surface area contributed by atoms with E-state index in [0.29, 0.717) is 5.69 Å². The summed E-state index contributed by atoms with van der Waals surface area (Å²) < 4.78 is 33.0. The molecule has 0 aromatic heterocycles. The van der Waals surface area contributed by atoms with E-state index >= 15 is 0 Å². The van der Waals surface area contributed by atoms with Gasteiger partial charge in [0.1, 0.15) is 11.9 Å². The number of Topliss-reactive ketones (excluding diaryl/α,β-unsaturated/α-hetero) is 1. The van der Waals surface area contributed by atoms with Crippen LogP contribution in [0.25, 0.3) is 10.4 Å². The Morgan fingerprint density at radius 3 is 2.84 bits per heavy atom. The highest BCUT2D eigenvalue weighted by molar-refractivity contribution is 5.90. The fraction of sp³-hybridized carbons (Fsp3) is 0.467. The van der Waals surface area contributed by atoms with Crippen molar-refractivity contribution in [3.05, 3.63) is 34.5 Å². The fourth-order valence-electron chi connectivity index (χ4n) is 2.88. The first-order chi connectivity index (χ1) is 12.0.